The Balaban J connectivity index is 2.06. The van der Waals surface area contributed by atoms with E-state index in [-0.39, 0.29) is 5.92 Å². The van der Waals surface area contributed by atoms with E-state index in [1.165, 1.54) is 12.1 Å². The van der Waals surface area contributed by atoms with Gasteiger partial charge in [-0.25, -0.2) is 13.6 Å². The van der Waals surface area contributed by atoms with E-state index in [0.717, 1.165) is 18.2 Å². The second-order valence-corrected chi connectivity index (χ2v) is 6.94. The summed E-state index contributed by atoms with van der Waals surface area (Å²) < 4.78 is 31.9. The van der Waals surface area contributed by atoms with E-state index in [2.05, 4.69) is 5.32 Å². The maximum atomic E-state index is 13.7. The van der Waals surface area contributed by atoms with Crippen molar-refractivity contribution in [2.45, 2.75) is 26.3 Å². The molecule has 0 aliphatic carbocycles. The van der Waals surface area contributed by atoms with Crippen LogP contribution in [0.2, 0.25) is 5.02 Å². The molecule has 2 atom stereocenters. The zero-order chi connectivity index (χ0) is 21.6. The second kappa shape index (κ2) is 10.1. The number of esters is 1. The van der Waals surface area contributed by atoms with Crippen molar-refractivity contribution >= 4 is 29.3 Å². The van der Waals surface area contributed by atoms with E-state index in [0.29, 0.717) is 17.0 Å². The van der Waals surface area contributed by atoms with Crippen LogP contribution < -0.4 is 5.32 Å². The molecule has 0 bridgehead atoms. The fourth-order valence-electron chi connectivity index (χ4n) is 2.51. The molecule has 2 rings (SSSR count). The molecule has 154 valence electrons. The Morgan fingerprint density at radius 2 is 1.76 bits per heavy atom. The van der Waals surface area contributed by atoms with Gasteiger partial charge in [-0.2, -0.15) is 0 Å². The van der Waals surface area contributed by atoms with Gasteiger partial charge in [-0.15, -0.1) is 0 Å². The lowest BCUT2D eigenvalue weighted by Gasteiger charge is -2.22. The van der Waals surface area contributed by atoms with E-state index in [4.69, 9.17) is 16.3 Å². The largest absolute Gasteiger partial charge is 0.456 e. The number of Topliss-reactive ketones (excluding diaryl/α,β-unsaturated/α-hetero) is 1. The molecule has 0 saturated carbocycles. The molecule has 0 spiro atoms. The molecule has 2 aromatic rings. The number of amides is 1. The third-order valence-electron chi connectivity index (χ3n) is 4.43. The maximum absolute atomic E-state index is 13.7. The number of carbonyl (C=O) groups is 3. The van der Waals surface area contributed by atoms with Crippen molar-refractivity contribution in [3.63, 3.8) is 0 Å². The van der Waals surface area contributed by atoms with Crippen LogP contribution in [-0.4, -0.2) is 30.3 Å². The van der Waals surface area contributed by atoms with Crippen molar-refractivity contribution in [2.24, 2.45) is 5.92 Å². The predicted octanol–water partition coefficient (Wildman–Crippen LogP) is 4.19. The number of rotatable bonds is 8. The lowest BCUT2D eigenvalue weighted by atomic mass is 9.98. The van der Waals surface area contributed by atoms with Crippen molar-refractivity contribution in [3.05, 3.63) is 70.2 Å². The van der Waals surface area contributed by atoms with Crippen LogP contribution in [0, 0.1) is 17.6 Å². The fraction of sp³-hybridized carbons (Fsp3) is 0.286. The minimum atomic E-state index is -1.02. The smallest absolute Gasteiger partial charge is 0.329 e. The molecule has 0 aliphatic heterocycles. The average molecular weight is 424 g/mol. The van der Waals surface area contributed by atoms with E-state index in [9.17, 15) is 23.2 Å². The predicted molar refractivity (Wildman–Crippen MR) is 104 cm³/mol. The number of hydrogen-bond acceptors (Lipinski definition) is 4. The Morgan fingerprint density at radius 1 is 1.10 bits per heavy atom. The van der Waals surface area contributed by atoms with Gasteiger partial charge in [-0.1, -0.05) is 31.9 Å². The SMILES string of the molecule is CC[C@H](C)[C@H](NC(=O)c1ccc(Cl)cc1)C(=O)OCC(=O)c1cc(F)ccc1F. The highest BCUT2D eigenvalue weighted by Crippen LogP contribution is 2.14. The highest BCUT2D eigenvalue weighted by atomic mass is 35.5. The van der Waals surface area contributed by atoms with Gasteiger partial charge in [0.25, 0.3) is 5.91 Å². The first-order valence-corrected chi connectivity index (χ1v) is 9.32. The van der Waals surface area contributed by atoms with Crippen LogP contribution in [0.4, 0.5) is 8.78 Å². The third-order valence-corrected chi connectivity index (χ3v) is 4.69. The minimum absolute atomic E-state index is 0.292. The molecule has 1 amide bonds. The van der Waals surface area contributed by atoms with Crippen LogP contribution in [-0.2, 0) is 9.53 Å². The van der Waals surface area contributed by atoms with Crippen LogP contribution in [0.15, 0.2) is 42.5 Å². The highest BCUT2D eigenvalue weighted by Gasteiger charge is 2.28. The molecule has 0 heterocycles. The van der Waals surface area contributed by atoms with Crippen LogP contribution in [0.1, 0.15) is 41.0 Å². The van der Waals surface area contributed by atoms with Gasteiger partial charge < -0.3 is 10.1 Å². The van der Waals surface area contributed by atoms with E-state index in [1.807, 2.05) is 6.92 Å². The number of ether oxygens (including phenoxy) is 1. The van der Waals surface area contributed by atoms with Crippen molar-refractivity contribution in [2.75, 3.05) is 6.61 Å². The molecule has 5 nitrogen and oxygen atoms in total. The van der Waals surface area contributed by atoms with Crippen LogP contribution in [0.3, 0.4) is 0 Å². The summed E-state index contributed by atoms with van der Waals surface area (Å²) in [4.78, 5) is 37.0. The molecular formula is C21H20ClF2NO4. The van der Waals surface area contributed by atoms with Gasteiger partial charge in [-0.3, -0.25) is 9.59 Å². The molecule has 1 N–H and O–H groups in total. The van der Waals surface area contributed by atoms with E-state index in [1.54, 1.807) is 19.1 Å². The van der Waals surface area contributed by atoms with Gasteiger partial charge >= 0.3 is 5.97 Å². The normalized spacial score (nSPS) is 12.7. The number of halogens is 3. The van der Waals surface area contributed by atoms with Crippen molar-refractivity contribution < 1.29 is 27.9 Å². The monoisotopic (exact) mass is 423 g/mol. The third kappa shape index (κ3) is 6.09. The van der Waals surface area contributed by atoms with Crippen LogP contribution >= 0.6 is 11.6 Å². The molecule has 0 radical (unpaired) electrons. The van der Waals surface area contributed by atoms with Crippen molar-refractivity contribution in [1.82, 2.24) is 5.32 Å². The van der Waals surface area contributed by atoms with E-state index < -0.39 is 47.5 Å². The lowest BCUT2D eigenvalue weighted by Crippen LogP contribution is -2.46. The topological polar surface area (TPSA) is 72.5 Å². The van der Waals surface area contributed by atoms with Crippen LogP contribution in [0.5, 0.6) is 0 Å². The number of hydrogen-bond donors (Lipinski definition) is 1. The summed E-state index contributed by atoms with van der Waals surface area (Å²) in [7, 11) is 0. The summed E-state index contributed by atoms with van der Waals surface area (Å²) >= 11 is 5.80. The number of benzene rings is 2. The Hall–Kier alpha value is -2.80. The lowest BCUT2D eigenvalue weighted by molar-refractivity contribution is -0.146. The van der Waals surface area contributed by atoms with Gasteiger partial charge in [0.15, 0.2) is 6.61 Å². The molecule has 2 aromatic carbocycles. The molecule has 29 heavy (non-hydrogen) atoms. The molecule has 8 heteroatoms. The zero-order valence-electron chi connectivity index (χ0n) is 15.9. The Kier molecular flexibility index (Phi) is 7.84. The Morgan fingerprint density at radius 3 is 2.38 bits per heavy atom. The molecule has 0 saturated heterocycles. The Labute approximate surface area is 172 Å². The summed E-state index contributed by atoms with van der Waals surface area (Å²) in [5.74, 6) is -4.23. The highest BCUT2D eigenvalue weighted by molar-refractivity contribution is 6.30. The second-order valence-electron chi connectivity index (χ2n) is 6.50. The molecule has 0 aromatic heterocycles. The molecular weight excluding hydrogens is 404 g/mol. The molecule has 0 unspecified atom stereocenters. The first kappa shape index (κ1) is 22.5. The number of carbonyl (C=O) groups excluding carboxylic acids is 3. The fourth-order valence-corrected chi connectivity index (χ4v) is 2.64. The summed E-state index contributed by atoms with van der Waals surface area (Å²) in [6.07, 6.45) is 0.549. The summed E-state index contributed by atoms with van der Waals surface area (Å²) in [6, 6.07) is 7.51. The first-order chi connectivity index (χ1) is 13.7. The first-order valence-electron chi connectivity index (χ1n) is 8.94. The number of ketones is 1. The van der Waals surface area contributed by atoms with Crippen molar-refractivity contribution in [3.8, 4) is 0 Å². The summed E-state index contributed by atoms with van der Waals surface area (Å²) in [5, 5.41) is 3.05. The number of nitrogens with one attached hydrogen (secondary N) is 1. The minimum Gasteiger partial charge on any atom is -0.456 e. The quantitative estimate of drug-likeness (QED) is 0.510. The molecule has 0 aliphatic rings. The summed E-state index contributed by atoms with van der Waals surface area (Å²) in [6.45, 7) is 2.79. The van der Waals surface area contributed by atoms with Crippen LogP contribution in [0.25, 0.3) is 0 Å². The van der Waals surface area contributed by atoms with Gasteiger partial charge in [0.2, 0.25) is 5.78 Å². The maximum Gasteiger partial charge on any atom is 0.329 e. The van der Waals surface area contributed by atoms with Gasteiger partial charge in [0.1, 0.15) is 17.7 Å². The zero-order valence-corrected chi connectivity index (χ0v) is 16.6. The average Bonchev–Trinajstić information content (AvgIpc) is 2.71. The van der Waals surface area contributed by atoms with Gasteiger partial charge in [-0.05, 0) is 48.4 Å². The van der Waals surface area contributed by atoms with Gasteiger partial charge in [0, 0.05) is 10.6 Å². The molecule has 0 fully saturated rings. The van der Waals surface area contributed by atoms with E-state index >= 15 is 0 Å². The van der Waals surface area contributed by atoms with Gasteiger partial charge in [0.05, 0.1) is 5.56 Å². The van der Waals surface area contributed by atoms with Crippen molar-refractivity contribution in [1.29, 1.82) is 0 Å². The Bertz CT molecular complexity index is 902. The standard InChI is InChI=1S/C21H20ClF2NO4/c1-3-12(2)19(25-20(27)13-4-6-14(22)7-5-13)21(28)29-11-18(26)16-10-15(23)8-9-17(16)24/h4-10,12,19H,3,11H2,1-2H3,(H,25,27)/t12-,19-/m0/s1. The summed E-state index contributed by atoms with van der Waals surface area (Å²) in [5.41, 5.74) is -0.212.